The number of imidazole rings is 1. The fraction of sp³-hybridized carbons (Fsp3) is 0.286. The molecule has 2 aromatic rings. The smallest absolute Gasteiger partial charge is 0.223 e. The van der Waals surface area contributed by atoms with Crippen LogP contribution in [0.3, 0.4) is 0 Å². The number of amides is 1. The molecule has 1 amide bonds. The summed E-state index contributed by atoms with van der Waals surface area (Å²) in [7, 11) is 1.90. The molecule has 1 heterocycles. The van der Waals surface area contributed by atoms with E-state index in [1.165, 1.54) is 0 Å². The molecule has 0 fully saturated rings. The van der Waals surface area contributed by atoms with Gasteiger partial charge in [-0.05, 0) is 12.1 Å². The van der Waals surface area contributed by atoms with Gasteiger partial charge in [-0.3, -0.25) is 4.79 Å². The van der Waals surface area contributed by atoms with Gasteiger partial charge in [-0.1, -0.05) is 18.2 Å². The summed E-state index contributed by atoms with van der Waals surface area (Å²) in [5.41, 5.74) is 0. The molecular formula is C14H17N3O2. The van der Waals surface area contributed by atoms with Gasteiger partial charge in [-0.2, -0.15) is 0 Å². The van der Waals surface area contributed by atoms with Crippen LogP contribution in [0, 0.1) is 0 Å². The molecule has 0 saturated heterocycles. The minimum Gasteiger partial charge on any atom is -0.493 e. The standard InChI is InChI=1S/C14H17N3O2/c1-17-9-8-15-13(17)11-16-14(18)7-10-19-12-5-3-2-4-6-12/h2-6,8-9H,7,10-11H2,1H3,(H,16,18). The number of rotatable bonds is 6. The Morgan fingerprint density at radius 1 is 1.37 bits per heavy atom. The van der Waals surface area contributed by atoms with Crippen LogP contribution in [0.4, 0.5) is 0 Å². The van der Waals surface area contributed by atoms with Gasteiger partial charge in [0.15, 0.2) is 0 Å². The minimum atomic E-state index is -0.0427. The molecule has 5 heteroatoms. The Morgan fingerprint density at radius 3 is 2.84 bits per heavy atom. The van der Waals surface area contributed by atoms with E-state index >= 15 is 0 Å². The number of nitrogens with zero attached hydrogens (tertiary/aromatic N) is 2. The van der Waals surface area contributed by atoms with Crippen molar-refractivity contribution < 1.29 is 9.53 Å². The zero-order valence-corrected chi connectivity index (χ0v) is 10.9. The monoisotopic (exact) mass is 259 g/mol. The highest BCUT2D eigenvalue weighted by molar-refractivity contribution is 5.75. The molecule has 0 bridgehead atoms. The number of aryl methyl sites for hydroxylation is 1. The number of aromatic nitrogens is 2. The summed E-state index contributed by atoms with van der Waals surface area (Å²) < 4.78 is 7.33. The van der Waals surface area contributed by atoms with E-state index < -0.39 is 0 Å². The quantitative estimate of drug-likeness (QED) is 0.855. The van der Waals surface area contributed by atoms with Crippen LogP contribution in [0.15, 0.2) is 42.7 Å². The maximum Gasteiger partial charge on any atom is 0.223 e. The van der Waals surface area contributed by atoms with Crippen LogP contribution < -0.4 is 10.1 Å². The number of benzene rings is 1. The number of nitrogens with one attached hydrogen (secondary N) is 1. The first-order valence-electron chi connectivity index (χ1n) is 6.16. The fourth-order valence-corrected chi connectivity index (χ4v) is 1.61. The number of para-hydroxylation sites is 1. The van der Waals surface area contributed by atoms with Crippen molar-refractivity contribution >= 4 is 5.91 Å². The zero-order chi connectivity index (χ0) is 13.5. The second kappa shape index (κ2) is 6.58. The van der Waals surface area contributed by atoms with Crippen LogP contribution in [0.1, 0.15) is 12.2 Å². The van der Waals surface area contributed by atoms with Gasteiger partial charge < -0.3 is 14.6 Å². The van der Waals surface area contributed by atoms with Crippen LogP contribution >= 0.6 is 0 Å². The summed E-state index contributed by atoms with van der Waals surface area (Å²) in [6, 6.07) is 9.46. The van der Waals surface area contributed by atoms with E-state index in [0.29, 0.717) is 19.6 Å². The zero-order valence-electron chi connectivity index (χ0n) is 10.9. The third kappa shape index (κ3) is 4.13. The van der Waals surface area contributed by atoms with E-state index in [2.05, 4.69) is 10.3 Å². The molecule has 2 rings (SSSR count). The maximum atomic E-state index is 11.6. The van der Waals surface area contributed by atoms with Gasteiger partial charge in [0, 0.05) is 19.4 Å². The number of carbonyl (C=O) groups excluding carboxylic acids is 1. The summed E-state index contributed by atoms with van der Waals surface area (Å²) in [5, 5.41) is 2.81. The number of hydrogen-bond donors (Lipinski definition) is 1. The van der Waals surface area contributed by atoms with Gasteiger partial charge in [-0.15, -0.1) is 0 Å². The van der Waals surface area contributed by atoms with Crippen molar-refractivity contribution in [2.75, 3.05) is 6.61 Å². The average molecular weight is 259 g/mol. The molecule has 0 radical (unpaired) electrons. The van der Waals surface area contributed by atoms with Crippen molar-refractivity contribution in [1.29, 1.82) is 0 Å². The summed E-state index contributed by atoms with van der Waals surface area (Å²) in [5.74, 6) is 1.57. The lowest BCUT2D eigenvalue weighted by Gasteiger charge is -2.07. The maximum absolute atomic E-state index is 11.6. The molecule has 0 aliphatic rings. The molecule has 1 N–H and O–H groups in total. The van der Waals surface area contributed by atoms with Gasteiger partial charge in [-0.25, -0.2) is 4.98 Å². The third-order valence-electron chi connectivity index (χ3n) is 2.71. The van der Waals surface area contributed by atoms with Crippen LogP contribution in [0.25, 0.3) is 0 Å². The Balaban J connectivity index is 1.66. The first kappa shape index (κ1) is 13.1. The number of hydrogen-bond acceptors (Lipinski definition) is 3. The molecule has 100 valence electrons. The van der Waals surface area contributed by atoms with Crippen molar-refractivity contribution in [3.8, 4) is 5.75 Å². The summed E-state index contributed by atoms with van der Waals surface area (Å²) in [6.07, 6.45) is 3.89. The van der Waals surface area contributed by atoms with Crippen molar-refractivity contribution in [3.63, 3.8) is 0 Å². The van der Waals surface area contributed by atoms with E-state index in [1.54, 1.807) is 6.20 Å². The second-order valence-corrected chi connectivity index (χ2v) is 4.14. The predicted molar refractivity (Wildman–Crippen MR) is 71.6 cm³/mol. The predicted octanol–water partition coefficient (Wildman–Crippen LogP) is 1.51. The van der Waals surface area contributed by atoms with Crippen LogP contribution in [0.2, 0.25) is 0 Å². The van der Waals surface area contributed by atoms with Gasteiger partial charge in [0.1, 0.15) is 11.6 Å². The topological polar surface area (TPSA) is 56.2 Å². The van der Waals surface area contributed by atoms with Crippen LogP contribution in [-0.4, -0.2) is 22.1 Å². The molecule has 19 heavy (non-hydrogen) atoms. The van der Waals surface area contributed by atoms with Crippen molar-refractivity contribution in [2.45, 2.75) is 13.0 Å². The first-order chi connectivity index (χ1) is 9.25. The van der Waals surface area contributed by atoms with Gasteiger partial charge in [0.25, 0.3) is 0 Å². The van der Waals surface area contributed by atoms with E-state index in [4.69, 9.17) is 4.74 Å². The number of carbonyl (C=O) groups is 1. The third-order valence-corrected chi connectivity index (χ3v) is 2.71. The van der Waals surface area contributed by atoms with Gasteiger partial charge in [0.2, 0.25) is 5.91 Å². The first-order valence-corrected chi connectivity index (χ1v) is 6.16. The van der Waals surface area contributed by atoms with Gasteiger partial charge in [0.05, 0.1) is 19.6 Å². The second-order valence-electron chi connectivity index (χ2n) is 4.14. The minimum absolute atomic E-state index is 0.0427. The average Bonchev–Trinajstić information content (AvgIpc) is 2.83. The fourth-order valence-electron chi connectivity index (χ4n) is 1.61. The Hall–Kier alpha value is -2.30. The number of ether oxygens (including phenoxy) is 1. The van der Waals surface area contributed by atoms with E-state index in [0.717, 1.165) is 11.6 Å². The SMILES string of the molecule is Cn1ccnc1CNC(=O)CCOc1ccccc1. The molecule has 1 aromatic heterocycles. The lowest BCUT2D eigenvalue weighted by atomic mass is 10.3. The summed E-state index contributed by atoms with van der Waals surface area (Å²) in [6.45, 7) is 0.810. The molecule has 1 aromatic carbocycles. The van der Waals surface area contributed by atoms with Crippen molar-refractivity contribution in [3.05, 3.63) is 48.5 Å². The Labute approximate surface area is 112 Å². The summed E-state index contributed by atoms with van der Waals surface area (Å²) in [4.78, 5) is 15.7. The molecule has 0 unspecified atom stereocenters. The molecular weight excluding hydrogens is 242 g/mol. The molecule has 5 nitrogen and oxygen atoms in total. The highest BCUT2D eigenvalue weighted by atomic mass is 16.5. The van der Waals surface area contributed by atoms with Crippen molar-refractivity contribution in [1.82, 2.24) is 14.9 Å². The molecule has 0 aliphatic carbocycles. The van der Waals surface area contributed by atoms with Crippen molar-refractivity contribution in [2.24, 2.45) is 7.05 Å². The van der Waals surface area contributed by atoms with E-state index in [-0.39, 0.29) is 5.91 Å². The lowest BCUT2D eigenvalue weighted by molar-refractivity contribution is -0.121. The van der Waals surface area contributed by atoms with Gasteiger partial charge >= 0.3 is 0 Å². The molecule has 0 aliphatic heterocycles. The normalized spacial score (nSPS) is 10.2. The lowest BCUT2D eigenvalue weighted by Crippen LogP contribution is -2.25. The highest BCUT2D eigenvalue weighted by Gasteiger charge is 2.04. The Bertz CT molecular complexity index is 522. The van der Waals surface area contributed by atoms with E-state index in [9.17, 15) is 4.79 Å². The molecule has 0 spiro atoms. The van der Waals surface area contributed by atoms with Crippen LogP contribution in [0.5, 0.6) is 5.75 Å². The molecule has 0 atom stereocenters. The Kier molecular flexibility index (Phi) is 4.55. The highest BCUT2D eigenvalue weighted by Crippen LogP contribution is 2.08. The molecule has 0 saturated carbocycles. The largest absolute Gasteiger partial charge is 0.493 e. The summed E-state index contributed by atoms with van der Waals surface area (Å²) >= 11 is 0. The van der Waals surface area contributed by atoms with E-state index in [1.807, 2.05) is 48.1 Å². The van der Waals surface area contributed by atoms with Crippen LogP contribution in [-0.2, 0) is 18.4 Å². The Morgan fingerprint density at radius 2 is 2.16 bits per heavy atom.